The minimum absolute atomic E-state index is 0.00105. The summed E-state index contributed by atoms with van der Waals surface area (Å²) in [5.41, 5.74) is 8.37. The first-order valence-electron chi connectivity index (χ1n) is 12.2. The molecule has 0 aliphatic rings. The van der Waals surface area contributed by atoms with Gasteiger partial charge in [0.15, 0.2) is 34.5 Å². The topological polar surface area (TPSA) is 131 Å². The summed E-state index contributed by atoms with van der Waals surface area (Å²) in [4.78, 5) is 27.2. The maximum Gasteiger partial charge on any atom is 0.415 e. The minimum Gasteiger partial charge on any atom is -0.493 e. The predicted octanol–water partition coefficient (Wildman–Crippen LogP) is 4.31. The molecule has 11 nitrogen and oxygen atoms in total. The monoisotopic (exact) mass is 543 g/mol. The summed E-state index contributed by atoms with van der Waals surface area (Å²) in [6, 6.07) is 15.4. The maximum atomic E-state index is 14.3. The lowest BCUT2D eigenvalue weighted by molar-refractivity contribution is 0.160. The van der Waals surface area contributed by atoms with E-state index in [1.807, 2.05) is 12.1 Å². The molecule has 5 aromatic rings. The highest BCUT2D eigenvalue weighted by molar-refractivity contribution is 5.89. The first-order valence-corrected chi connectivity index (χ1v) is 12.2. The highest BCUT2D eigenvalue weighted by atomic mass is 19.1. The van der Waals surface area contributed by atoms with Gasteiger partial charge in [-0.2, -0.15) is 5.10 Å². The summed E-state index contributed by atoms with van der Waals surface area (Å²) in [6.45, 7) is 0.411. The lowest BCUT2D eigenvalue weighted by atomic mass is 10.2. The summed E-state index contributed by atoms with van der Waals surface area (Å²) in [6.07, 6.45) is 2.29. The average Bonchev–Trinajstić information content (AvgIpc) is 3.33. The van der Waals surface area contributed by atoms with Crippen LogP contribution in [-0.2, 0) is 13.1 Å². The van der Waals surface area contributed by atoms with Gasteiger partial charge in [0.2, 0.25) is 0 Å². The van der Waals surface area contributed by atoms with Gasteiger partial charge in [-0.25, -0.2) is 28.8 Å². The van der Waals surface area contributed by atoms with Crippen LogP contribution < -0.4 is 19.9 Å². The Bertz CT molecular complexity index is 1690. The van der Waals surface area contributed by atoms with Gasteiger partial charge in [-0.3, -0.25) is 0 Å². The molecule has 0 aliphatic carbocycles. The average molecular weight is 544 g/mol. The zero-order valence-electron chi connectivity index (χ0n) is 22.0. The number of nitrogens with two attached hydrogens (primary N) is 1. The lowest BCUT2D eigenvalue weighted by Gasteiger charge is -2.18. The molecule has 5 rings (SSSR count). The highest BCUT2D eigenvalue weighted by Gasteiger charge is 2.20. The first kappa shape index (κ1) is 26.4. The Hall–Kier alpha value is -5.26. The van der Waals surface area contributed by atoms with E-state index in [4.69, 9.17) is 19.9 Å². The molecule has 2 aromatic carbocycles. The van der Waals surface area contributed by atoms with Crippen LogP contribution in [0, 0.1) is 5.82 Å². The number of benzene rings is 2. The molecule has 204 valence electrons. The van der Waals surface area contributed by atoms with E-state index in [9.17, 15) is 9.18 Å². The molecule has 0 fully saturated rings. The molecule has 0 unspecified atom stereocenters. The third-order valence-electron chi connectivity index (χ3n) is 6.16. The zero-order valence-corrected chi connectivity index (χ0v) is 22.0. The van der Waals surface area contributed by atoms with Crippen LogP contribution >= 0.6 is 0 Å². The van der Waals surface area contributed by atoms with Crippen molar-refractivity contribution in [2.24, 2.45) is 0 Å². The zero-order chi connectivity index (χ0) is 28.2. The van der Waals surface area contributed by atoms with Gasteiger partial charge in [-0.05, 0) is 35.9 Å². The minimum atomic E-state index is -0.651. The molecule has 0 radical (unpaired) electrons. The fourth-order valence-corrected chi connectivity index (χ4v) is 4.14. The molecular weight excluding hydrogens is 517 g/mol. The van der Waals surface area contributed by atoms with Crippen molar-refractivity contribution in [3.8, 4) is 28.8 Å². The van der Waals surface area contributed by atoms with Gasteiger partial charge < -0.3 is 24.8 Å². The molecule has 0 aliphatic heterocycles. The molecular formula is C28H26FN7O4. The molecule has 3 heterocycles. The van der Waals surface area contributed by atoms with E-state index in [1.165, 1.54) is 17.2 Å². The number of halogens is 1. The van der Waals surface area contributed by atoms with Crippen molar-refractivity contribution >= 4 is 22.9 Å². The molecule has 2 N–H and O–H groups in total. The number of amides is 1. The fraction of sp³-hybridized carbons (Fsp3) is 0.179. The summed E-state index contributed by atoms with van der Waals surface area (Å²) < 4.78 is 31.9. The first-order chi connectivity index (χ1) is 19.4. The van der Waals surface area contributed by atoms with Gasteiger partial charge in [0.25, 0.3) is 0 Å². The summed E-state index contributed by atoms with van der Waals surface area (Å²) in [7, 11) is 4.68. The van der Waals surface area contributed by atoms with E-state index in [0.717, 1.165) is 5.56 Å². The van der Waals surface area contributed by atoms with E-state index in [1.54, 1.807) is 68.5 Å². The lowest BCUT2D eigenvalue weighted by Crippen LogP contribution is -2.29. The fourth-order valence-electron chi connectivity index (χ4n) is 4.14. The van der Waals surface area contributed by atoms with Crippen LogP contribution in [-0.4, -0.2) is 57.0 Å². The summed E-state index contributed by atoms with van der Waals surface area (Å²) in [5.74, 6) is 0.962. The van der Waals surface area contributed by atoms with Crippen LogP contribution in [0.1, 0.15) is 11.1 Å². The molecule has 3 aromatic heterocycles. The van der Waals surface area contributed by atoms with E-state index in [0.29, 0.717) is 33.8 Å². The van der Waals surface area contributed by atoms with Crippen molar-refractivity contribution in [3.05, 3.63) is 83.9 Å². The molecule has 12 heteroatoms. The van der Waals surface area contributed by atoms with Crippen molar-refractivity contribution < 1.29 is 23.4 Å². The third-order valence-corrected chi connectivity index (χ3v) is 6.16. The highest BCUT2D eigenvalue weighted by Crippen LogP contribution is 2.30. The molecule has 0 saturated carbocycles. The molecule has 0 spiro atoms. The van der Waals surface area contributed by atoms with Crippen molar-refractivity contribution in [2.45, 2.75) is 13.1 Å². The SMILES string of the molecule is COc1ccc(CN(C)C(=O)Oc2cnc(-c3nn(Cc4ccccc4F)c4ncccc34)nc2N)cc1OC. The number of carbonyl (C=O) groups excluding carboxylic acids is 1. The van der Waals surface area contributed by atoms with E-state index < -0.39 is 6.09 Å². The number of rotatable bonds is 8. The second-order valence-corrected chi connectivity index (χ2v) is 8.83. The Balaban J connectivity index is 1.35. The van der Waals surface area contributed by atoms with Gasteiger partial charge in [-0.15, -0.1) is 0 Å². The van der Waals surface area contributed by atoms with Crippen molar-refractivity contribution in [1.82, 2.24) is 29.6 Å². The number of aromatic nitrogens is 5. The smallest absolute Gasteiger partial charge is 0.415 e. The standard InChI is InChI=1S/C28H26FN7O4/c1-35(15-17-10-11-21(38-2)22(13-17)39-3)28(37)40-23-14-32-26(33-25(23)30)24-19-8-6-12-31-27(19)36(34-24)16-18-7-4-5-9-20(18)29/h4-14H,15-16H2,1-3H3,(H2,30,32,33). The van der Waals surface area contributed by atoms with Gasteiger partial charge in [-0.1, -0.05) is 24.3 Å². The van der Waals surface area contributed by atoms with Crippen molar-refractivity contribution in [3.63, 3.8) is 0 Å². The van der Waals surface area contributed by atoms with Crippen LogP contribution in [0.2, 0.25) is 0 Å². The van der Waals surface area contributed by atoms with Crippen LogP contribution in [0.3, 0.4) is 0 Å². The van der Waals surface area contributed by atoms with Crippen LogP contribution in [0.25, 0.3) is 22.6 Å². The molecule has 1 amide bonds. The van der Waals surface area contributed by atoms with Gasteiger partial charge in [0.1, 0.15) is 11.5 Å². The Labute approximate surface area is 229 Å². The molecule has 0 bridgehead atoms. The normalized spacial score (nSPS) is 10.9. The summed E-state index contributed by atoms with van der Waals surface area (Å²) >= 11 is 0. The number of anilines is 1. The Kier molecular flexibility index (Phi) is 7.40. The van der Waals surface area contributed by atoms with Gasteiger partial charge in [0, 0.05) is 25.4 Å². The summed E-state index contributed by atoms with van der Waals surface area (Å²) in [5, 5.41) is 5.27. The predicted molar refractivity (Wildman–Crippen MR) is 146 cm³/mol. The number of fused-ring (bicyclic) bond motifs is 1. The van der Waals surface area contributed by atoms with Crippen LogP contribution in [0.15, 0.2) is 67.0 Å². The number of nitrogen functional groups attached to an aromatic ring is 1. The number of hydrogen-bond acceptors (Lipinski definition) is 9. The number of carbonyl (C=O) groups is 1. The second-order valence-electron chi connectivity index (χ2n) is 8.83. The van der Waals surface area contributed by atoms with Crippen molar-refractivity contribution in [2.75, 3.05) is 27.0 Å². The number of methoxy groups -OCH3 is 2. The quantitative estimate of drug-likeness (QED) is 0.304. The van der Waals surface area contributed by atoms with E-state index >= 15 is 0 Å². The molecule has 0 atom stereocenters. The van der Waals surface area contributed by atoms with E-state index in [2.05, 4.69) is 20.1 Å². The number of hydrogen-bond donors (Lipinski definition) is 1. The number of ether oxygens (including phenoxy) is 3. The Morgan fingerprint density at radius 1 is 1.02 bits per heavy atom. The molecule has 40 heavy (non-hydrogen) atoms. The van der Waals surface area contributed by atoms with Crippen LogP contribution in [0.5, 0.6) is 17.2 Å². The number of nitrogens with zero attached hydrogens (tertiary/aromatic N) is 6. The van der Waals surface area contributed by atoms with Gasteiger partial charge >= 0.3 is 6.09 Å². The largest absolute Gasteiger partial charge is 0.493 e. The van der Waals surface area contributed by atoms with E-state index in [-0.39, 0.29) is 36.3 Å². The molecule has 0 saturated heterocycles. The Morgan fingerprint density at radius 2 is 1.82 bits per heavy atom. The Morgan fingerprint density at radius 3 is 2.58 bits per heavy atom. The van der Waals surface area contributed by atoms with Crippen molar-refractivity contribution in [1.29, 1.82) is 0 Å². The maximum absolute atomic E-state index is 14.3. The van der Waals surface area contributed by atoms with Crippen LogP contribution in [0.4, 0.5) is 15.0 Å². The van der Waals surface area contributed by atoms with Gasteiger partial charge in [0.05, 0.1) is 32.3 Å². The third kappa shape index (κ3) is 5.32. The number of pyridine rings is 1. The second kappa shape index (κ2) is 11.2.